The molecule has 2 fully saturated rings. The van der Waals surface area contributed by atoms with Gasteiger partial charge in [-0.1, -0.05) is 109 Å². The third-order valence-corrected chi connectivity index (χ3v) is 8.74. The minimum Gasteiger partial charge on any atom is -0.378 e. The first kappa shape index (κ1) is 26.8. The molecule has 0 bridgehead atoms. The van der Waals surface area contributed by atoms with E-state index in [0.717, 1.165) is 24.4 Å². The van der Waals surface area contributed by atoms with Crippen LogP contribution in [0.1, 0.15) is 146 Å². The van der Waals surface area contributed by atoms with Gasteiger partial charge in [-0.15, -0.1) is 0 Å². The molecule has 0 atom stereocenters. The molecule has 2 aliphatic carbocycles. The van der Waals surface area contributed by atoms with E-state index in [0.29, 0.717) is 6.10 Å². The van der Waals surface area contributed by atoms with Crippen LogP contribution in [0.2, 0.25) is 0 Å². The normalized spacial score (nSPS) is 25.9. The summed E-state index contributed by atoms with van der Waals surface area (Å²) in [6.07, 6.45) is 26.7. The monoisotopic (exact) mass is 454 g/mol. The number of unbranched alkanes of at least 4 members (excludes halogenated alkanes) is 5. The zero-order valence-electron chi connectivity index (χ0n) is 22.2. The van der Waals surface area contributed by atoms with Gasteiger partial charge < -0.3 is 4.74 Å². The Morgan fingerprint density at radius 3 is 1.88 bits per heavy atom. The van der Waals surface area contributed by atoms with Crippen molar-refractivity contribution in [3.8, 4) is 0 Å². The Morgan fingerprint density at radius 1 is 0.636 bits per heavy atom. The minimum atomic E-state index is 0.522. The lowest BCUT2D eigenvalue weighted by atomic mass is 9.78. The second-order valence-corrected chi connectivity index (χ2v) is 11.4. The highest BCUT2D eigenvalue weighted by atomic mass is 16.5. The van der Waals surface area contributed by atoms with Gasteiger partial charge in [-0.3, -0.25) is 0 Å². The maximum Gasteiger partial charge on any atom is 0.0575 e. The molecule has 0 aromatic heterocycles. The highest BCUT2D eigenvalue weighted by Gasteiger charge is 2.23. The maximum absolute atomic E-state index is 6.32. The summed E-state index contributed by atoms with van der Waals surface area (Å²) >= 11 is 0. The molecule has 1 aromatic carbocycles. The van der Waals surface area contributed by atoms with E-state index in [4.69, 9.17) is 4.74 Å². The van der Waals surface area contributed by atoms with Crippen molar-refractivity contribution in [3.05, 3.63) is 35.4 Å². The Morgan fingerprint density at radius 2 is 1.24 bits per heavy atom. The van der Waals surface area contributed by atoms with Crippen molar-refractivity contribution < 1.29 is 4.74 Å². The van der Waals surface area contributed by atoms with Crippen molar-refractivity contribution in [3.63, 3.8) is 0 Å². The molecule has 0 unspecified atom stereocenters. The minimum absolute atomic E-state index is 0.522. The van der Waals surface area contributed by atoms with Gasteiger partial charge in [-0.25, -0.2) is 0 Å². The molecule has 1 aromatic rings. The van der Waals surface area contributed by atoms with Gasteiger partial charge in [0.15, 0.2) is 0 Å². The van der Waals surface area contributed by atoms with Crippen LogP contribution >= 0.6 is 0 Å². The van der Waals surface area contributed by atoms with E-state index in [1.807, 2.05) is 0 Å². The number of benzene rings is 1. The molecule has 0 heterocycles. The topological polar surface area (TPSA) is 9.23 Å². The van der Waals surface area contributed by atoms with Crippen molar-refractivity contribution in [1.29, 1.82) is 0 Å². The summed E-state index contributed by atoms with van der Waals surface area (Å²) in [6.45, 7) is 5.61. The molecule has 0 spiro atoms. The van der Waals surface area contributed by atoms with E-state index in [1.165, 1.54) is 128 Å². The van der Waals surface area contributed by atoms with Gasteiger partial charge in [-0.2, -0.15) is 0 Å². The van der Waals surface area contributed by atoms with Crippen LogP contribution in [-0.2, 0) is 11.2 Å². The molecule has 2 saturated carbocycles. The second kappa shape index (κ2) is 16.0. The SMILES string of the molecule is CCCCCCCc1ccc([C@H]2CC[C@H](OCCC[C@H]3CC[C@H](CCCC)CC3)CC2)cc1. The summed E-state index contributed by atoms with van der Waals surface area (Å²) in [6, 6.07) is 9.64. The highest BCUT2D eigenvalue weighted by Crippen LogP contribution is 2.36. The standard InChI is InChI=1S/C32H54O/c1-3-5-7-8-9-12-28-18-20-30(21-19-28)31-22-24-32(25-23-31)33-26-10-13-29-16-14-27(15-17-29)11-6-4-2/h18-21,27,29,31-32H,3-17,22-26H2,1-2H3/t27-,29-,31-,32-. The molecule has 2 aliphatic rings. The van der Waals surface area contributed by atoms with E-state index in [2.05, 4.69) is 38.1 Å². The molecule has 3 rings (SSSR count). The van der Waals surface area contributed by atoms with Gasteiger partial charge in [-0.05, 0) is 80.2 Å². The third kappa shape index (κ3) is 10.1. The van der Waals surface area contributed by atoms with Gasteiger partial charge in [0.1, 0.15) is 0 Å². The molecule has 0 amide bonds. The van der Waals surface area contributed by atoms with Crippen LogP contribution in [0.25, 0.3) is 0 Å². The summed E-state index contributed by atoms with van der Waals surface area (Å²) in [7, 11) is 0. The van der Waals surface area contributed by atoms with Gasteiger partial charge in [0.25, 0.3) is 0 Å². The molecule has 0 N–H and O–H groups in total. The molecule has 33 heavy (non-hydrogen) atoms. The van der Waals surface area contributed by atoms with Gasteiger partial charge in [0, 0.05) is 6.61 Å². The van der Waals surface area contributed by atoms with Gasteiger partial charge in [0.05, 0.1) is 6.10 Å². The quantitative estimate of drug-likeness (QED) is 0.239. The number of hydrogen-bond acceptors (Lipinski definition) is 1. The summed E-state index contributed by atoms with van der Waals surface area (Å²) in [4.78, 5) is 0. The highest BCUT2D eigenvalue weighted by molar-refractivity contribution is 5.26. The fourth-order valence-corrected chi connectivity index (χ4v) is 6.38. The summed E-state index contributed by atoms with van der Waals surface area (Å²) < 4.78 is 6.32. The van der Waals surface area contributed by atoms with Crippen molar-refractivity contribution >= 4 is 0 Å². The fraction of sp³-hybridized carbons (Fsp3) is 0.812. The molecule has 1 nitrogen and oxygen atoms in total. The summed E-state index contributed by atoms with van der Waals surface area (Å²) in [5.41, 5.74) is 3.10. The molecular weight excluding hydrogens is 400 g/mol. The van der Waals surface area contributed by atoms with Crippen LogP contribution in [0, 0.1) is 11.8 Å². The Hall–Kier alpha value is -0.820. The number of ether oxygens (including phenoxy) is 1. The molecular formula is C32H54O. The summed E-state index contributed by atoms with van der Waals surface area (Å²) in [5, 5.41) is 0. The number of rotatable bonds is 15. The zero-order chi connectivity index (χ0) is 23.1. The van der Waals surface area contributed by atoms with Crippen LogP contribution in [0.15, 0.2) is 24.3 Å². The van der Waals surface area contributed by atoms with Crippen molar-refractivity contribution in [1.82, 2.24) is 0 Å². The average Bonchev–Trinajstić information content (AvgIpc) is 2.87. The molecule has 188 valence electrons. The van der Waals surface area contributed by atoms with E-state index < -0.39 is 0 Å². The lowest BCUT2D eigenvalue weighted by Gasteiger charge is -2.30. The van der Waals surface area contributed by atoms with Crippen molar-refractivity contribution in [2.24, 2.45) is 11.8 Å². The molecule has 0 saturated heterocycles. The number of aryl methyl sites for hydroxylation is 1. The first-order valence-corrected chi connectivity index (χ1v) is 15.0. The predicted octanol–water partition coefficient (Wildman–Crippen LogP) is 10.0. The summed E-state index contributed by atoms with van der Waals surface area (Å²) in [5.74, 6) is 2.78. The lowest BCUT2D eigenvalue weighted by molar-refractivity contribution is 0.0204. The first-order valence-electron chi connectivity index (χ1n) is 15.0. The van der Waals surface area contributed by atoms with Crippen LogP contribution in [-0.4, -0.2) is 12.7 Å². The Kier molecular flexibility index (Phi) is 13.0. The van der Waals surface area contributed by atoms with Crippen LogP contribution in [0.3, 0.4) is 0 Å². The largest absolute Gasteiger partial charge is 0.378 e. The van der Waals surface area contributed by atoms with E-state index >= 15 is 0 Å². The van der Waals surface area contributed by atoms with Gasteiger partial charge in [0.2, 0.25) is 0 Å². The van der Waals surface area contributed by atoms with Crippen LogP contribution < -0.4 is 0 Å². The van der Waals surface area contributed by atoms with E-state index in [1.54, 1.807) is 5.56 Å². The van der Waals surface area contributed by atoms with Crippen LogP contribution in [0.4, 0.5) is 0 Å². The maximum atomic E-state index is 6.32. The zero-order valence-corrected chi connectivity index (χ0v) is 22.2. The van der Waals surface area contributed by atoms with Crippen molar-refractivity contribution in [2.75, 3.05) is 6.61 Å². The fourth-order valence-electron chi connectivity index (χ4n) is 6.38. The first-order chi connectivity index (χ1) is 16.3. The number of hydrogen-bond donors (Lipinski definition) is 0. The lowest BCUT2D eigenvalue weighted by Crippen LogP contribution is -2.21. The van der Waals surface area contributed by atoms with Crippen LogP contribution in [0.5, 0.6) is 0 Å². The van der Waals surface area contributed by atoms with E-state index in [9.17, 15) is 0 Å². The molecule has 0 radical (unpaired) electrons. The average molecular weight is 455 g/mol. The van der Waals surface area contributed by atoms with Crippen molar-refractivity contribution in [2.45, 2.75) is 148 Å². The third-order valence-electron chi connectivity index (χ3n) is 8.74. The predicted molar refractivity (Wildman–Crippen MR) is 144 cm³/mol. The molecule has 1 heteroatoms. The molecule has 0 aliphatic heterocycles. The van der Waals surface area contributed by atoms with E-state index in [-0.39, 0.29) is 0 Å². The van der Waals surface area contributed by atoms with Gasteiger partial charge >= 0.3 is 0 Å². The second-order valence-electron chi connectivity index (χ2n) is 11.4. The Bertz CT molecular complexity index is 589. The Balaban J connectivity index is 1.23. The Labute approximate surface area is 206 Å². The smallest absolute Gasteiger partial charge is 0.0575 e.